The van der Waals surface area contributed by atoms with Gasteiger partial charge in [0.05, 0.1) is 5.69 Å². The van der Waals surface area contributed by atoms with Gasteiger partial charge in [-0.3, -0.25) is 9.78 Å². The number of hydrogen-bond donors (Lipinski definition) is 3. The lowest BCUT2D eigenvalue weighted by atomic mass is 10.0. The molecule has 1 aliphatic heterocycles. The fraction of sp³-hybridized carbons (Fsp3) is 0.217. The van der Waals surface area contributed by atoms with Gasteiger partial charge in [0.25, 0.3) is 0 Å². The van der Waals surface area contributed by atoms with Gasteiger partial charge in [-0.2, -0.15) is 0 Å². The maximum atomic E-state index is 12.5. The van der Waals surface area contributed by atoms with Gasteiger partial charge in [-0.1, -0.05) is 48.5 Å². The van der Waals surface area contributed by atoms with Gasteiger partial charge in [-0.05, 0) is 41.8 Å². The van der Waals surface area contributed by atoms with Crippen molar-refractivity contribution in [1.29, 1.82) is 0 Å². The molecule has 1 aliphatic rings. The SMILES string of the molecule is O=C(NCc1cccc(OCc2ccccn2)c1)C1CC(c2ccccc2)NN1. The number of aromatic nitrogens is 1. The van der Waals surface area contributed by atoms with Gasteiger partial charge in [-0.15, -0.1) is 0 Å². The number of hydrogen-bond acceptors (Lipinski definition) is 5. The third-order valence-electron chi connectivity index (χ3n) is 4.90. The molecular weight excluding hydrogens is 364 g/mol. The highest BCUT2D eigenvalue weighted by Crippen LogP contribution is 2.22. The van der Waals surface area contributed by atoms with Gasteiger partial charge in [0, 0.05) is 18.8 Å². The first-order valence-electron chi connectivity index (χ1n) is 9.73. The second-order valence-electron chi connectivity index (χ2n) is 7.02. The standard InChI is InChI=1S/C23H24N4O2/c28-23(22-14-21(26-27-22)18-8-2-1-3-9-18)25-15-17-7-6-11-20(13-17)29-16-19-10-4-5-12-24-19/h1-13,21-22,26-27H,14-16H2,(H,25,28). The number of amides is 1. The van der Waals surface area contributed by atoms with Crippen LogP contribution in [-0.4, -0.2) is 16.9 Å². The summed E-state index contributed by atoms with van der Waals surface area (Å²) < 4.78 is 5.80. The maximum absolute atomic E-state index is 12.5. The van der Waals surface area contributed by atoms with Crippen LogP contribution in [0, 0.1) is 0 Å². The summed E-state index contributed by atoms with van der Waals surface area (Å²) in [5.41, 5.74) is 9.34. The molecular formula is C23H24N4O2. The zero-order valence-electron chi connectivity index (χ0n) is 16.0. The number of nitrogens with zero attached hydrogens (tertiary/aromatic N) is 1. The molecule has 6 nitrogen and oxygen atoms in total. The molecule has 2 unspecified atom stereocenters. The van der Waals surface area contributed by atoms with E-state index in [0.717, 1.165) is 17.0 Å². The summed E-state index contributed by atoms with van der Waals surface area (Å²) in [7, 11) is 0. The minimum absolute atomic E-state index is 0.0178. The summed E-state index contributed by atoms with van der Waals surface area (Å²) in [6, 6.07) is 23.5. The monoisotopic (exact) mass is 388 g/mol. The summed E-state index contributed by atoms with van der Waals surface area (Å²) >= 11 is 0. The number of pyridine rings is 1. The van der Waals surface area contributed by atoms with Gasteiger partial charge in [0.2, 0.25) is 5.91 Å². The molecule has 29 heavy (non-hydrogen) atoms. The fourth-order valence-electron chi connectivity index (χ4n) is 3.33. The van der Waals surface area contributed by atoms with E-state index in [2.05, 4.69) is 33.3 Å². The Labute approximate surface area is 170 Å². The molecule has 1 aromatic heterocycles. The highest BCUT2D eigenvalue weighted by atomic mass is 16.5. The van der Waals surface area contributed by atoms with Crippen LogP contribution in [0.15, 0.2) is 79.0 Å². The highest BCUT2D eigenvalue weighted by molar-refractivity contribution is 5.82. The van der Waals surface area contributed by atoms with E-state index in [0.29, 0.717) is 19.6 Å². The van der Waals surface area contributed by atoms with Gasteiger partial charge < -0.3 is 10.1 Å². The fourth-order valence-corrected chi connectivity index (χ4v) is 3.33. The molecule has 2 heterocycles. The van der Waals surface area contributed by atoms with Crippen LogP contribution in [0.1, 0.15) is 29.3 Å². The molecule has 1 amide bonds. The predicted octanol–water partition coefficient (Wildman–Crippen LogP) is 2.88. The summed E-state index contributed by atoms with van der Waals surface area (Å²) in [5, 5.41) is 3.00. The Morgan fingerprint density at radius 3 is 2.72 bits per heavy atom. The van der Waals surface area contributed by atoms with Crippen LogP contribution in [0.2, 0.25) is 0 Å². The van der Waals surface area contributed by atoms with Crippen molar-refractivity contribution in [3.63, 3.8) is 0 Å². The molecule has 2 aromatic carbocycles. The van der Waals surface area contributed by atoms with Gasteiger partial charge >= 0.3 is 0 Å². The number of benzene rings is 2. The average Bonchev–Trinajstić information content (AvgIpc) is 3.28. The number of carbonyl (C=O) groups is 1. The van der Waals surface area contributed by atoms with Gasteiger partial charge in [-0.25, -0.2) is 10.9 Å². The van der Waals surface area contributed by atoms with Crippen molar-refractivity contribution in [2.75, 3.05) is 0 Å². The second kappa shape index (κ2) is 9.32. The summed E-state index contributed by atoms with van der Waals surface area (Å²) in [6.07, 6.45) is 2.46. The lowest BCUT2D eigenvalue weighted by Gasteiger charge is -2.12. The molecule has 148 valence electrons. The molecule has 4 rings (SSSR count). The Bertz CT molecular complexity index is 934. The molecule has 6 heteroatoms. The van der Waals surface area contributed by atoms with E-state index < -0.39 is 0 Å². The number of nitrogens with one attached hydrogen (secondary N) is 3. The van der Waals surface area contributed by atoms with E-state index in [1.807, 2.05) is 60.7 Å². The lowest BCUT2D eigenvalue weighted by Crippen LogP contribution is -2.42. The number of hydrazine groups is 1. The molecule has 0 saturated carbocycles. The number of ether oxygens (including phenoxy) is 1. The van der Waals surface area contributed by atoms with Crippen molar-refractivity contribution in [2.45, 2.75) is 31.7 Å². The largest absolute Gasteiger partial charge is 0.487 e. The topological polar surface area (TPSA) is 75.3 Å². The minimum atomic E-state index is -0.260. The van der Waals surface area contributed by atoms with Crippen molar-refractivity contribution in [2.24, 2.45) is 0 Å². The van der Waals surface area contributed by atoms with Crippen LogP contribution < -0.4 is 20.9 Å². The molecule has 0 spiro atoms. The van der Waals surface area contributed by atoms with Crippen molar-refractivity contribution in [3.05, 3.63) is 95.8 Å². The second-order valence-corrected chi connectivity index (χ2v) is 7.02. The van der Waals surface area contributed by atoms with Crippen LogP contribution in [0.25, 0.3) is 0 Å². The van der Waals surface area contributed by atoms with E-state index in [-0.39, 0.29) is 18.0 Å². The van der Waals surface area contributed by atoms with Crippen LogP contribution in [0.3, 0.4) is 0 Å². The summed E-state index contributed by atoms with van der Waals surface area (Å²) in [4.78, 5) is 16.8. The third-order valence-corrected chi connectivity index (χ3v) is 4.90. The smallest absolute Gasteiger partial charge is 0.238 e. The van der Waals surface area contributed by atoms with Crippen LogP contribution >= 0.6 is 0 Å². The Hall–Kier alpha value is -3.22. The Kier molecular flexibility index (Phi) is 6.14. The molecule has 2 atom stereocenters. The molecule has 0 aliphatic carbocycles. The maximum Gasteiger partial charge on any atom is 0.238 e. The minimum Gasteiger partial charge on any atom is -0.487 e. The van der Waals surface area contributed by atoms with E-state index >= 15 is 0 Å². The first-order valence-corrected chi connectivity index (χ1v) is 9.73. The van der Waals surface area contributed by atoms with E-state index in [1.165, 1.54) is 5.56 Å². The third kappa shape index (κ3) is 5.19. The molecule has 3 N–H and O–H groups in total. The predicted molar refractivity (Wildman–Crippen MR) is 111 cm³/mol. The van der Waals surface area contributed by atoms with E-state index in [9.17, 15) is 4.79 Å². The van der Waals surface area contributed by atoms with Gasteiger partial charge in [0.1, 0.15) is 18.4 Å². The van der Waals surface area contributed by atoms with Crippen LogP contribution in [-0.2, 0) is 17.9 Å². The average molecular weight is 388 g/mol. The number of rotatable bonds is 7. The Morgan fingerprint density at radius 1 is 1.03 bits per heavy atom. The van der Waals surface area contributed by atoms with E-state index in [1.54, 1.807) is 6.20 Å². The Balaban J connectivity index is 1.27. The van der Waals surface area contributed by atoms with Gasteiger partial charge in [0.15, 0.2) is 0 Å². The zero-order valence-corrected chi connectivity index (χ0v) is 16.0. The molecule has 0 bridgehead atoms. The number of carbonyl (C=O) groups excluding carboxylic acids is 1. The first kappa shape index (κ1) is 19.1. The molecule has 0 radical (unpaired) electrons. The van der Waals surface area contributed by atoms with Crippen molar-refractivity contribution < 1.29 is 9.53 Å². The van der Waals surface area contributed by atoms with Crippen LogP contribution in [0.5, 0.6) is 5.75 Å². The summed E-state index contributed by atoms with van der Waals surface area (Å²) in [5.74, 6) is 0.739. The lowest BCUT2D eigenvalue weighted by molar-refractivity contribution is -0.123. The van der Waals surface area contributed by atoms with E-state index in [4.69, 9.17) is 4.74 Å². The zero-order chi connectivity index (χ0) is 19.9. The van der Waals surface area contributed by atoms with Crippen LogP contribution in [0.4, 0.5) is 0 Å². The highest BCUT2D eigenvalue weighted by Gasteiger charge is 2.29. The molecule has 1 saturated heterocycles. The molecule has 3 aromatic rings. The van der Waals surface area contributed by atoms with Crippen molar-refractivity contribution in [3.8, 4) is 5.75 Å². The Morgan fingerprint density at radius 2 is 1.90 bits per heavy atom. The summed E-state index contributed by atoms with van der Waals surface area (Å²) in [6.45, 7) is 0.864. The van der Waals surface area contributed by atoms with Crippen molar-refractivity contribution >= 4 is 5.91 Å². The normalized spacial score (nSPS) is 18.3. The van der Waals surface area contributed by atoms with Crippen molar-refractivity contribution in [1.82, 2.24) is 21.2 Å². The first-order chi connectivity index (χ1) is 14.3. The molecule has 1 fully saturated rings. The quantitative estimate of drug-likeness (QED) is 0.580.